The summed E-state index contributed by atoms with van der Waals surface area (Å²) in [5.74, 6) is 1.29. The molecule has 0 aliphatic heterocycles. The van der Waals surface area contributed by atoms with E-state index in [9.17, 15) is 9.59 Å². The van der Waals surface area contributed by atoms with Crippen LogP contribution in [-0.4, -0.2) is 11.6 Å². The highest BCUT2D eigenvalue weighted by atomic mass is 16.1. The van der Waals surface area contributed by atoms with Crippen molar-refractivity contribution in [1.29, 1.82) is 0 Å². The summed E-state index contributed by atoms with van der Waals surface area (Å²) in [6.07, 6.45) is 6.17. The Morgan fingerprint density at radius 2 is 1.40 bits per heavy atom. The van der Waals surface area contributed by atoms with Crippen molar-refractivity contribution >= 4 is 11.6 Å². The van der Waals surface area contributed by atoms with Gasteiger partial charge in [0.1, 0.15) is 11.6 Å². The zero-order valence-electron chi connectivity index (χ0n) is 10.5. The molecular weight excluding hydrogens is 188 g/mol. The molecule has 0 aromatic rings. The maximum atomic E-state index is 10.8. The number of rotatable bonds is 2. The Kier molecular flexibility index (Phi) is 7.27. The summed E-state index contributed by atoms with van der Waals surface area (Å²) in [7, 11) is 0. The molecule has 0 amide bonds. The van der Waals surface area contributed by atoms with Crippen LogP contribution in [0.2, 0.25) is 0 Å². The molecule has 0 aromatic carbocycles. The topological polar surface area (TPSA) is 34.1 Å². The predicted molar refractivity (Wildman–Crippen MR) is 62.8 cm³/mol. The van der Waals surface area contributed by atoms with Gasteiger partial charge in [-0.25, -0.2) is 0 Å². The number of carbonyl (C=O) groups is 2. The maximum absolute atomic E-state index is 10.8. The lowest BCUT2D eigenvalue weighted by molar-refractivity contribution is -0.121. The predicted octanol–water partition coefficient (Wildman–Crippen LogP) is 3.39. The van der Waals surface area contributed by atoms with Gasteiger partial charge in [0, 0.05) is 11.8 Å². The van der Waals surface area contributed by atoms with Crippen LogP contribution in [0.1, 0.15) is 59.8 Å². The molecule has 0 bridgehead atoms. The van der Waals surface area contributed by atoms with Crippen LogP contribution in [0, 0.1) is 11.8 Å². The lowest BCUT2D eigenvalue weighted by Crippen LogP contribution is -2.13. The van der Waals surface area contributed by atoms with Gasteiger partial charge in [0.15, 0.2) is 0 Å². The van der Waals surface area contributed by atoms with Gasteiger partial charge < -0.3 is 0 Å². The third-order valence-electron chi connectivity index (χ3n) is 2.99. The molecule has 0 heterocycles. The minimum absolute atomic E-state index is 0.213. The van der Waals surface area contributed by atoms with Gasteiger partial charge in [-0.2, -0.15) is 0 Å². The molecule has 2 heteroatoms. The van der Waals surface area contributed by atoms with Crippen molar-refractivity contribution in [2.45, 2.75) is 59.8 Å². The van der Waals surface area contributed by atoms with Gasteiger partial charge in [0.2, 0.25) is 0 Å². The van der Waals surface area contributed by atoms with Gasteiger partial charge in [0.05, 0.1) is 0 Å². The van der Waals surface area contributed by atoms with Crippen molar-refractivity contribution in [3.63, 3.8) is 0 Å². The SMILES string of the molecule is CC(=O)C(C)C.CC(=O)C1CCCCC1. The molecule has 0 atom stereocenters. The van der Waals surface area contributed by atoms with E-state index in [1.54, 1.807) is 13.8 Å². The molecule has 0 radical (unpaired) electrons. The molecule has 88 valence electrons. The van der Waals surface area contributed by atoms with Crippen LogP contribution < -0.4 is 0 Å². The molecule has 15 heavy (non-hydrogen) atoms. The molecule has 1 aliphatic carbocycles. The summed E-state index contributed by atoms with van der Waals surface area (Å²) in [5, 5.41) is 0. The summed E-state index contributed by atoms with van der Waals surface area (Å²) in [6.45, 7) is 7.10. The minimum Gasteiger partial charge on any atom is -0.300 e. The van der Waals surface area contributed by atoms with Gasteiger partial charge >= 0.3 is 0 Å². The summed E-state index contributed by atoms with van der Waals surface area (Å²) < 4.78 is 0. The van der Waals surface area contributed by atoms with E-state index in [0.717, 1.165) is 12.8 Å². The molecule has 0 saturated heterocycles. The van der Waals surface area contributed by atoms with Crippen molar-refractivity contribution in [3.05, 3.63) is 0 Å². The second-order valence-electron chi connectivity index (χ2n) is 4.71. The van der Waals surface area contributed by atoms with E-state index in [4.69, 9.17) is 0 Å². The Labute approximate surface area is 93.4 Å². The van der Waals surface area contributed by atoms with E-state index >= 15 is 0 Å². The first-order chi connectivity index (χ1) is 6.95. The molecule has 0 aromatic heterocycles. The van der Waals surface area contributed by atoms with Gasteiger partial charge in [-0.3, -0.25) is 9.59 Å². The second kappa shape index (κ2) is 7.61. The fourth-order valence-electron chi connectivity index (χ4n) is 1.51. The van der Waals surface area contributed by atoms with Crippen LogP contribution in [0.25, 0.3) is 0 Å². The fraction of sp³-hybridized carbons (Fsp3) is 0.846. The summed E-state index contributed by atoms with van der Waals surface area (Å²) in [6, 6.07) is 0. The van der Waals surface area contributed by atoms with E-state index in [0.29, 0.717) is 11.7 Å². The molecule has 1 aliphatic rings. The first-order valence-electron chi connectivity index (χ1n) is 5.96. The van der Waals surface area contributed by atoms with E-state index in [2.05, 4.69) is 0 Å². The van der Waals surface area contributed by atoms with E-state index in [1.807, 2.05) is 13.8 Å². The lowest BCUT2D eigenvalue weighted by atomic mass is 9.87. The molecular formula is C13H24O2. The first-order valence-corrected chi connectivity index (χ1v) is 5.96. The van der Waals surface area contributed by atoms with E-state index < -0.39 is 0 Å². The van der Waals surface area contributed by atoms with Crippen LogP contribution in [0.15, 0.2) is 0 Å². The van der Waals surface area contributed by atoms with E-state index in [1.165, 1.54) is 19.3 Å². The number of carbonyl (C=O) groups excluding carboxylic acids is 2. The zero-order valence-corrected chi connectivity index (χ0v) is 10.5. The number of hydrogen-bond acceptors (Lipinski definition) is 2. The Morgan fingerprint density at radius 3 is 1.60 bits per heavy atom. The van der Waals surface area contributed by atoms with Crippen LogP contribution >= 0.6 is 0 Å². The smallest absolute Gasteiger partial charge is 0.132 e. The number of ketones is 2. The third-order valence-corrected chi connectivity index (χ3v) is 2.99. The molecule has 1 fully saturated rings. The molecule has 0 spiro atoms. The minimum atomic E-state index is 0.213. The van der Waals surface area contributed by atoms with Crippen LogP contribution in [0.4, 0.5) is 0 Å². The second-order valence-corrected chi connectivity index (χ2v) is 4.71. The van der Waals surface area contributed by atoms with Gasteiger partial charge in [-0.15, -0.1) is 0 Å². The van der Waals surface area contributed by atoms with Crippen molar-refractivity contribution in [2.24, 2.45) is 11.8 Å². The monoisotopic (exact) mass is 212 g/mol. The highest BCUT2D eigenvalue weighted by Crippen LogP contribution is 2.23. The van der Waals surface area contributed by atoms with Crippen molar-refractivity contribution in [1.82, 2.24) is 0 Å². The maximum Gasteiger partial charge on any atom is 0.132 e. The number of Topliss-reactive ketones (excluding diaryl/α,β-unsaturated/α-hetero) is 2. The Bertz CT molecular complexity index is 201. The molecule has 1 saturated carbocycles. The highest BCUT2D eigenvalue weighted by molar-refractivity contribution is 5.78. The van der Waals surface area contributed by atoms with Crippen LogP contribution in [-0.2, 0) is 9.59 Å². The average molecular weight is 212 g/mol. The van der Waals surface area contributed by atoms with Crippen molar-refractivity contribution < 1.29 is 9.59 Å². The van der Waals surface area contributed by atoms with Crippen LogP contribution in [0.5, 0.6) is 0 Å². The average Bonchev–Trinajstić information content (AvgIpc) is 2.20. The van der Waals surface area contributed by atoms with E-state index in [-0.39, 0.29) is 11.7 Å². The Hall–Kier alpha value is -0.660. The zero-order chi connectivity index (χ0) is 11.8. The Balaban J connectivity index is 0.000000288. The largest absolute Gasteiger partial charge is 0.300 e. The molecule has 0 N–H and O–H groups in total. The van der Waals surface area contributed by atoms with Gasteiger partial charge in [-0.1, -0.05) is 33.1 Å². The Morgan fingerprint density at radius 1 is 1.00 bits per heavy atom. The lowest BCUT2D eigenvalue weighted by Gasteiger charge is -2.17. The fourth-order valence-corrected chi connectivity index (χ4v) is 1.51. The summed E-state index contributed by atoms with van der Waals surface area (Å²) >= 11 is 0. The third kappa shape index (κ3) is 7.29. The van der Waals surface area contributed by atoms with Crippen LogP contribution in [0.3, 0.4) is 0 Å². The first kappa shape index (κ1) is 14.3. The van der Waals surface area contributed by atoms with Gasteiger partial charge in [-0.05, 0) is 26.7 Å². The van der Waals surface area contributed by atoms with Gasteiger partial charge in [0.25, 0.3) is 0 Å². The van der Waals surface area contributed by atoms with Crippen molar-refractivity contribution in [2.75, 3.05) is 0 Å². The molecule has 0 unspecified atom stereocenters. The quantitative estimate of drug-likeness (QED) is 0.703. The summed E-state index contributed by atoms with van der Waals surface area (Å²) in [5.41, 5.74) is 0. The standard InChI is InChI=1S/C8H14O.C5H10O/c1-7(9)8-5-3-2-4-6-8;1-4(2)5(3)6/h8H,2-6H2,1H3;4H,1-3H3. The highest BCUT2D eigenvalue weighted by Gasteiger charge is 2.16. The normalized spacial score (nSPS) is 16.9. The molecule has 2 nitrogen and oxygen atoms in total. The number of hydrogen-bond donors (Lipinski definition) is 0. The van der Waals surface area contributed by atoms with Crippen molar-refractivity contribution in [3.8, 4) is 0 Å². The summed E-state index contributed by atoms with van der Waals surface area (Å²) in [4.78, 5) is 20.9. The molecule has 1 rings (SSSR count).